The van der Waals surface area contributed by atoms with Gasteiger partial charge in [0.15, 0.2) is 0 Å². The van der Waals surface area contributed by atoms with Gasteiger partial charge in [0.25, 0.3) is 0 Å². The van der Waals surface area contributed by atoms with E-state index >= 15 is 0 Å². The highest BCUT2D eigenvalue weighted by atomic mass is 32.2. The van der Waals surface area contributed by atoms with Gasteiger partial charge in [-0.2, -0.15) is 4.98 Å². The summed E-state index contributed by atoms with van der Waals surface area (Å²) in [6.45, 7) is 3.42. The van der Waals surface area contributed by atoms with E-state index in [0.29, 0.717) is 11.5 Å². The number of carbonyl (C=O) groups excluding carboxylic acids is 1. The molecule has 152 valence electrons. The monoisotopic (exact) mass is 414 g/mol. The van der Waals surface area contributed by atoms with Crippen LogP contribution in [-0.4, -0.2) is 36.8 Å². The fraction of sp³-hybridized carbons (Fsp3) is 0.250. The van der Waals surface area contributed by atoms with E-state index < -0.39 is 22.0 Å². The highest BCUT2D eigenvalue weighted by molar-refractivity contribution is 7.92. The van der Waals surface area contributed by atoms with Crippen LogP contribution in [-0.2, 0) is 21.4 Å². The minimum Gasteiger partial charge on any atom is -0.345 e. The summed E-state index contributed by atoms with van der Waals surface area (Å²) >= 11 is 0. The summed E-state index contributed by atoms with van der Waals surface area (Å²) in [5.74, 6) is 0.168. The summed E-state index contributed by atoms with van der Waals surface area (Å²) in [6.07, 6.45) is 1.07. The number of sulfonamides is 1. The van der Waals surface area contributed by atoms with E-state index in [1.54, 1.807) is 24.3 Å². The molecule has 9 heteroatoms. The molecular weight excluding hydrogens is 392 g/mol. The molecule has 0 bridgehead atoms. The molecule has 0 fully saturated rings. The van der Waals surface area contributed by atoms with Gasteiger partial charge in [-0.1, -0.05) is 53.2 Å². The quantitative estimate of drug-likeness (QED) is 0.637. The molecule has 1 amide bonds. The van der Waals surface area contributed by atoms with Crippen molar-refractivity contribution in [3.05, 3.63) is 66.1 Å². The Morgan fingerprint density at radius 2 is 1.79 bits per heavy atom. The Kier molecular flexibility index (Phi) is 5.97. The second-order valence-corrected chi connectivity index (χ2v) is 8.53. The van der Waals surface area contributed by atoms with Gasteiger partial charge in [-0.25, -0.2) is 8.42 Å². The Bertz CT molecular complexity index is 1080. The van der Waals surface area contributed by atoms with Gasteiger partial charge >= 0.3 is 0 Å². The highest BCUT2D eigenvalue weighted by Crippen LogP contribution is 2.21. The fourth-order valence-electron chi connectivity index (χ4n) is 2.84. The van der Waals surface area contributed by atoms with Crippen LogP contribution in [0, 0.1) is 6.92 Å². The first-order valence-corrected chi connectivity index (χ1v) is 10.8. The molecule has 1 heterocycles. The van der Waals surface area contributed by atoms with Crippen molar-refractivity contribution in [1.29, 1.82) is 0 Å². The van der Waals surface area contributed by atoms with Crippen molar-refractivity contribution in [2.45, 2.75) is 26.4 Å². The number of carbonyl (C=O) groups is 1. The third-order valence-electron chi connectivity index (χ3n) is 4.29. The van der Waals surface area contributed by atoms with E-state index in [1.807, 2.05) is 37.3 Å². The van der Waals surface area contributed by atoms with Crippen LogP contribution in [0.15, 0.2) is 59.1 Å². The van der Waals surface area contributed by atoms with Crippen LogP contribution in [0.5, 0.6) is 0 Å². The first-order chi connectivity index (χ1) is 13.8. The van der Waals surface area contributed by atoms with Crippen LogP contribution in [0.25, 0.3) is 11.4 Å². The lowest BCUT2D eigenvalue weighted by atomic mass is 10.2. The molecule has 3 aromatic rings. The van der Waals surface area contributed by atoms with E-state index in [4.69, 9.17) is 4.52 Å². The number of amides is 1. The Labute approximate surface area is 169 Å². The molecule has 1 aromatic heterocycles. The highest BCUT2D eigenvalue weighted by Gasteiger charge is 2.29. The Morgan fingerprint density at radius 1 is 1.14 bits per heavy atom. The Balaban J connectivity index is 1.70. The van der Waals surface area contributed by atoms with Crippen LogP contribution in [0.2, 0.25) is 0 Å². The van der Waals surface area contributed by atoms with E-state index in [0.717, 1.165) is 21.7 Å². The summed E-state index contributed by atoms with van der Waals surface area (Å²) in [6, 6.07) is 15.3. The minimum atomic E-state index is -3.67. The van der Waals surface area contributed by atoms with E-state index in [2.05, 4.69) is 15.5 Å². The predicted molar refractivity (Wildman–Crippen MR) is 110 cm³/mol. The molecule has 0 aliphatic heterocycles. The molecule has 1 N–H and O–H groups in total. The smallest absolute Gasteiger partial charge is 0.246 e. The molecule has 0 saturated carbocycles. The maximum atomic E-state index is 12.6. The molecule has 1 atom stereocenters. The number of rotatable bonds is 7. The summed E-state index contributed by atoms with van der Waals surface area (Å²) < 4.78 is 30.9. The molecule has 29 heavy (non-hydrogen) atoms. The molecule has 0 aliphatic carbocycles. The summed E-state index contributed by atoms with van der Waals surface area (Å²) in [4.78, 5) is 16.9. The van der Waals surface area contributed by atoms with Gasteiger partial charge in [0.1, 0.15) is 6.04 Å². The van der Waals surface area contributed by atoms with Gasteiger partial charge < -0.3 is 9.84 Å². The summed E-state index contributed by atoms with van der Waals surface area (Å²) in [7, 11) is -3.67. The second-order valence-electron chi connectivity index (χ2n) is 6.67. The van der Waals surface area contributed by atoms with Gasteiger partial charge in [0.05, 0.1) is 18.5 Å². The number of aryl methyl sites for hydroxylation is 1. The Hall–Kier alpha value is -3.20. The van der Waals surface area contributed by atoms with Gasteiger partial charge in [0, 0.05) is 5.56 Å². The zero-order chi connectivity index (χ0) is 21.0. The number of aromatic nitrogens is 2. The molecule has 3 rings (SSSR count). The van der Waals surface area contributed by atoms with Crippen molar-refractivity contribution in [2.24, 2.45) is 0 Å². The van der Waals surface area contributed by atoms with E-state index in [1.165, 1.54) is 6.92 Å². The van der Waals surface area contributed by atoms with Crippen molar-refractivity contribution in [2.75, 3.05) is 10.6 Å². The van der Waals surface area contributed by atoms with Crippen LogP contribution in [0.3, 0.4) is 0 Å². The normalized spacial score (nSPS) is 12.4. The van der Waals surface area contributed by atoms with Crippen LogP contribution < -0.4 is 9.62 Å². The third-order valence-corrected chi connectivity index (χ3v) is 5.53. The number of benzene rings is 2. The lowest BCUT2D eigenvalue weighted by molar-refractivity contribution is -0.122. The maximum Gasteiger partial charge on any atom is 0.246 e. The van der Waals surface area contributed by atoms with Crippen molar-refractivity contribution in [3.63, 3.8) is 0 Å². The molecule has 0 spiro atoms. The van der Waals surface area contributed by atoms with Crippen LogP contribution in [0.1, 0.15) is 18.4 Å². The largest absolute Gasteiger partial charge is 0.345 e. The number of anilines is 1. The number of hydrogen-bond acceptors (Lipinski definition) is 6. The number of nitrogens with one attached hydrogen (secondary N) is 1. The maximum absolute atomic E-state index is 12.6. The van der Waals surface area contributed by atoms with Gasteiger partial charge in [-0.3, -0.25) is 9.10 Å². The molecule has 8 nitrogen and oxygen atoms in total. The van der Waals surface area contributed by atoms with Gasteiger partial charge in [-0.15, -0.1) is 0 Å². The molecule has 2 aromatic carbocycles. The van der Waals surface area contributed by atoms with Crippen molar-refractivity contribution in [3.8, 4) is 11.4 Å². The molecular formula is C20H22N4O4S. The molecule has 0 radical (unpaired) electrons. The van der Waals surface area contributed by atoms with E-state index in [-0.39, 0.29) is 12.4 Å². The first-order valence-electron chi connectivity index (χ1n) is 8.97. The minimum absolute atomic E-state index is 0.00545. The lowest BCUT2D eigenvalue weighted by Gasteiger charge is -2.28. The summed E-state index contributed by atoms with van der Waals surface area (Å²) in [5, 5.41) is 6.55. The average molecular weight is 414 g/mol. The molecule has 0 unspecified atom stereocenters. The number of hydrogen-bond donors (Lipinski definition) is 1. The second kappa shape index (κ2) is 8.44. The molecule has 0 aliphatic rings. The topological polar surface area (TPSA) is 105 Å². The van der Waals surface area contributed by atoms with Crippen molar-refractivity contribution in [1.82, 2.24) is 15.5 Å². The van der Waals surface area contributed by atoms with Gasteiger partial charge in [0.2, 0.25) is 27.6 Å². The average Bonchev–Trinajstić information content (AvgIpc) is 3.16. The number of nitrogens with zero attached hydrogens (tertiary/aromatic N) is 3. The van der Waals surface area contributed by atoms with Crippen LogP contribution >= 0.6 is 0 Å². The molecule has 0 saturated heterocycles. The first kappa shape index (κ1) is 20.5. The third kappa shape index (κ3) is 5.00. The zero-order valence-electron chi connectivity index (χ0n) is 16.4. The van der Waals surface area contributed by atoms with E-state index in [9.17, 15) is 13.2 Å². The van der Waals surface area contributed by atoms with Crippen LogP contribution in [0.4, 0.5) is 5.69 Å². The van der Waals surface area contributed by atoms with Crippen molar-refractivity contribution >= 4 is 21.6 Å². The Morgan fingerprint density at radius 3 is 2.41 bits per heavy atom. The standard InChI is InChI=1S/C20H22N4O4S/c1-14-9-11-17(12-10-14)24(29(3,26)27)15(2)20(25)21-13-18-22-19(23-28-18)16-7-5-4-6-8-16/h4-12,15H,13H2,1-3H3,(H,21,25)/t15-/m1/s1. The SMILES string of the molecule is Cc1ccc(N([C@H](C)C(=O)NCc2nc(-c3ccccc3)no2)S(C)(=O)=O)cc1. The fourth-order valence-corrected chi connectivity index (χ4v) is 4.02. The lowest BCUT2D eigenvalue weighted by Crippen LogP contribution is -2.47. The summed E-state index contributed by atoms with van der Waals surface area (Å²) in [5.41, 5.74) is 2.21. The van der Waals surface area contributed by atoms with Gasteiger partial charge in [-0.05, 0) is 26.0 Å². The van der Waals surface area contributed by atoms with Crippen molar-refractivity contribution < 1.29 is 17.7 Å². The predicted octanol–water partition coefficient (Wildman–Crippen LogP) is 2.52. The zero-order valence-corrected chi connectivity index (χ0v) is 17.2.